The molecule has 128 valence electrons. The van der Waals surface area contributed by atoms with Gasteiger partial charge in [0.1, 0.15) is 6.04 Å². The van der Waals surface area contributed by atoms with Crippen molar-refractivity contribution in [2.45, 2.75) is 51.0 Å². The van der Waals surface area contributed by atoms with Gasteiger partial charge in [0.05, 0.1) is 42.3 Å². The zero-order valence-electron chi connectivity index (χ0n) is 15.3. The zero-order chi connectivity index (χ0) is 17.3. The van der Waals surface area contributed by atoms with Gasteiger partial charge in [-0.25, -0.2) is 0 Å². The Balaban J connectivity index is 3.22. The molecule has 6 heteroatoms. The molecule has 1 aliphatic rings. The van der Waals surface area contributed by atoms with Crippen LogP contribution in [0.4, 0.5) is 0 Å². The molecule has 0 heterocycles. The summed E-state index contributed by atoms with van der Waals surface area (Å²) in [6.45, 7) is 2.87. The van der Waals surface area contributed by atoms with Crippen molar-refractivity contribution in [1.82, 2.24) is 0 Å². The van der Waals surface area contributed by atoms with E-state index in [4.69, 9.17) is 9.47 Å². The maximum Gasteiger partial charge on any atom is 0.303 e. The molecular formula is C16H32N2O4+2. The molecule has 0 radical (unpaired) electrons. The van der Waals surface area contributed by atoms with Crippen molar-refractivity contribution < 1.29 is 28.0 Å². The normalized spacial score (nSPS) is 29.8. The molecule has 4 atom stereocenters. The predicted molar refractivity (Wildman–Crippen MR) is 84.0 cm³/mol. The zero-order valence-corrected chi connectivity index (χ0v) is 15.3. The topological polar surface area (TPSA) is 52.6 Å². The van der Waals surface area contributed by atoms with E-state index in [9.17, 15) is 9.59 Å². The van der Waals surface area contributed by atoms with E-state index in [2.05, 4.69) is 42.3 Å². The van der Waals surface area contributed by atoms with Crippen LogP contribution in [0.3, 0.4) is 0 Å². The fourth-order valence-electron chi connectivity index (χ4n) is 3.56. The van der Waals surface area contributed by atoms with E-state index in [0.717, 1.165) is 12.8 Å². The maximum atomic E-state index is 11.6. The molecule has 0 saturated heterocycles. The first-order valence-corrected chi connectivity index (χ1v) is 7.80. The lowest BCUT2D eigenvalue weighted by molar-refractivity contribution is -0.931. The van der Waals surface area contributed by atoms with E-state index in [1.807, 2.05) is 0 Å². The van der Waals surface area contributed by atoms with Crippen LogP contribution in [0.15, 0.2) is 0 Å². The van der Waals surface area contributed by atoms with Crippen LogP contribution < -0.4 is 0 Å². The van der Waals surface area contributed by atoms with Gasteiger partial charge in [-0.15, -0.1) is 0 Å². The molecule has 0 aromatic rings. The molecule has 1 saturated carbocycles. The fraction of sp³-hybridized carbons (Fsp3) is 0.875. The molecule has 22 heavy (non-hydrogen) atoms. The van der Waals surface area contributed by atoms with E-state index < -0.39 is 0 Å². The van der Waals surface area contributed by atoms with Crippen molar-refractivity contribution in [2.24, 2.45) is 0 Å². The first kappa shape index (κ1) is 18.9. The number of rotatable bonds is 4. The van der Waals surface area contributed by atoms with Gasteiger partial charge in [-0.1, -0.05) is 0 Å². The van der Waals surface area contributed by atoms with Crippen LogP contribution in [0.2, 0.25) is 0 Å². The Labute approximate surface area is 134 Å². The smallest absolute Gasteiger partial charge is 0.303 e. The van der Waals surface area contributed by atoms with Gasteiger partial charge in [0.25, 0.3) is 0 Å². The summed E-state index contributed by atoms with van der Waals surface area (Å²) >= 11 is 0. The molecule has 0 spiro atoms. The summed E-state index contributed by atoms with van der Waals surface area (Å²) in [5.41, 5.74) is 0. The van der Waals surface area contributed by atoms with Crippen LogP contribution in [0, 0.1) is 0 Å². The molecule has 0 N–H and O–H groups in total. The Morgan fingerprint density at radius 1 is 0.818 bits per heavy atom. The molecule has 0 unspecified atom stereocenters. The number of nitrogens with zero attached hydrogens (tertiary/aromatic N) is 2. The highest BCUT2D eigenvalue weighted by Crippen LogP contribution is 2.34. The lowest BCUT2D eigenvalue weighted by Crippen LogP contribution is -2.69. The lowest BCUT2D eigenvalue weighted by Gasteiger charge is -2.50. The quantitative estimate of drug-likeness (QED) is 0.568. The Hall–Kier alpha value is -1.14. The van der Waals surface area contributed by atoms with Crippen LogP contribution in [0.5, 0.6) is 0 Å². The van der Waals surface area contributed by atoms with Crippen LogP contribution in [0.25, 0.3) is 0 Å². The van der Waals surface area contributed by atoms with E-state index in [0.29, 0.717) is 8.97 Å². The van der Waals surface area contributed by atoms with E-state index in [-0.39, 0.29) is 36.2 Å². The molecule has 1 rings (SSSR count). The SMILES string of the molecule is CC(=O)O[C@@H]1[C@H]([N+](C)(C)C)[C@H](OC(C)=O)CC[C@@H]1[N+](C)(C)C. The third-order valence-corrected chi connectivity index (χ3v) is 4.35. The van der Waals surface area contributed by atoms with Crippen molar-refractivity contribution in [3.05, 3.63) is 0 Å². The largest absolute Gasteiger partial charge is 0.456 e. The summed E-state index contributed by atoms with van der Waals surface area (Å²) < 4.78 is 12.6. The minimum absolute atomic E-state index is 0.0797. The molecule has 6 nitrogen and oxygen atoms in total. The second-order valence-electron chi connectivity index (χ2n) is 8.09. The Morgan fingerprint density at radius 2 is 1.32 bits per heavy atom. The van der Waals surface area contributed by atoms with Crippen LogP contribution in [0.1, 0.15) is 26.7 Å². The van der Waals surface area contributed by atoms with Gasteiger partial charge in [0, 0.05) is 20.3 Å². The molecular weight excluding hydrogens is 284 g/mol. The van der Waals surface area contributed by atoms with Crippen molar-refractivity contribution in [1.29, 1.82) is 0 Å². The summed E-state index contributed by atoms with van der Waals surface area (Å²) in [5.74, 6) is -0.570. The van der Waals surface area contributed by atoms with Gasteiger partial charge in [-0.05, 0) is 6.42 Å². The predicted octanol–water partition coefficient (Wildman–Crippen LogP) is 0.793. The number of hydrogen-bond acceptors (Lipinski definition) is 4. The van der Waals surface area contributed by atoms with Crippen LogP contribution in [-0.2, 0) is 19.1 Å². The summed E-state index contributed by atoms with van der Waals surface area (Å²) in [7, 11) is 12.5. The molecule has 1 aliphatic carbocycles. The minimum atomic E-state index is -0.287. The minimum Gasteiger partial charge on any atom is -0.456 e. The average molecular weight is 316 g/mol. The number of carbonyl (C=O) groups is 2. The highest BCUT2D eigenvalue weighted by molar-refractivity contribution is 5.67. The Kier molecular flexibility index (Phi) is 5.62. The van der Waals surface area contributed by atoms with E-state index in [1.54, 1.807) is 0 Å². The van der Waals surface area contributed by atoms with Gasteiger partial charge < -0.3 is 18.4 Å². The Morgan fingerprint density at radius 3 is 1.68 bits per heavy atom. The summed E-state index contributed by atoms with van der Waals surface area (Å²) in [6, 6.07) is 0.0990. The Bertz CT molecular complexity index is 423. The fourth-order valence-corrected chi connectivity index (χ4v) is 3.56. The lowest BCUT2D eigenvalue weighted by atomic mass is 9.82. The highest BCUT2D eigenvalue weighted by Gasteiger charge is 2.54. The standard InChI is InChI=1S/C16H32N2O4/c1-11(19)21-14-10-9-13(17(3,4)5)16(22-12(2)20)15(14)18(6,7)8/h13-16H,9-10H2,1-8H3/q+2/t13-,14+,15+,16-/m0/s1. The number of quaternary nitrogens is 2. The monoisotopic (exact) mass is 316 g/mol. The van der Waals surface area contributed by atoms with Gasteiger partial charge in [-0.2, -0.15) is 0 Å². The second kappa shape index (κ2) is 6.54. The molecule has 0 aromatic carbocycles. The number of hydrogen-bond donors (Lipinski definition) is 0. The van der Waals surface area contributed by atoms with Gasteiger partial charge in [0.15, 0.2) is 12.1 Å². The molecule has 0 aliphatic heterocycles. The molecule has 0 bridgehead atoms. The number of carbonyl (C=O) groups excluding carboxylic acids is 2. The number of esters is 2. The number of ether oxygens (including phenoxy) is 2. The maximum absolute atomic E-state index is 11.6. The van der Waals surface area contributed by atoms with Gasteiger partial charge in [-0.3, -0.25) is 9.59 Å². The average Bonchev–Trinajstić information content (AvgIpc) is 2.23. The van der Waals surface area contributed by atoms with Crippen LogP contribution in [-0.4, -0.2) is 87.5 Å². The molecule has 1 fully saturated rings. The first-order chi connectivity index (χ1) is 9.84. The van der Waals surface area contributed by atoms with Crippen LogP contribution >= 0.6 is 0 Å². The first-order valence-electron chi connectivity index (χ1n) is 7.80. The van der Waals surface area contributed by atoms with Gasteiger partial charge >= 0.3 is 11.9 Å². The summed E-state index contributed by atoms with van der Waals surface area (Å²) in [6.07, 6.45) is 1.13. The summed E-state index contributed by atoms with van der Waals surface area (Å²) in [4.78, 5) is 23.1. The molecule has 0 aromatic heterocycles. The van der Waals surface area contributed by atoms with Crippen molar-refractivity contribution >= 4 is 11.9 Å². The van der Waals surface area contributed by atoms with E-state index >= 15 is 0 Å². The van der Waals surface area contributed by atoms with Crippen molar-refractivity contribution in [3.63, 3.8) is 0 Å². The third kappa shape index (κ3) is 4.68. The second-order valence-corrected chi connectivity index (χ2v) is 8.09. The number of likely N-dealkylation sites (N-methyl/N-ethyl adjacent to an activating group) is 2. The van der Waals surface area contributed by atoms with Gasteiger partial charge in [0.2, 0.25) is 6.10 Å². The van der Waals surface area contributed by atoms with Crippen molar-refractivity contribution in [3.8, 4) is 0 Å². The highest BCUT2D eigenvalue weighted by atomic mass is 16.6. The third-order valence-electron chi connectivity index (χ3n) is 4.35. The summed E-state index contributed by atoms with van der Waals surface area (Å²) in [5, 5.41) is 0. The van der Waals surface area contributed by atoms with E-state index in [1.165, 1.54) is 13.8 Å². The van der Waals surface area contributed by atoms with Crippen molar-refractivity contribution in [2.75, 3.05) is 42.3 Å². The molecule has 0 amide bonds.